The Kier molecular flexibility index (Phi) is 7.60. The molecule has 0 spiro atoms. The predicted molar refractivity (Wildman–Crippen MR) is 179 cm³/mol. The van der Waals surface area contributed by atoms with Gasteiger partial charge < -0.3 is 24.5 Å². The van der Waals surface area contributed by atoms with Gasteiger partial charge >= 0.3 is 6.03 Å². The lowest BCUT2D eigenvalue weighted by molar-refractivity contribution is -0.113. The molecule has 8 heteroatoms. The van der Waals surface area contributed by atoms with Crippen LogP contribution in [0.2, 0.25) is 0 Å². The average molecular weight is 610 g/mol. The zero-order valence-corrected chi connectivity index (χ0v) is 25.3. The second-order valence-electron chi connectivity index (χ2n) is 11.0. The zero-order valence-electron chi connectivity index (χ0n) is 25.3. The molecular formula is C38H31N3O5. The van der Waals surface area contributed by atoms with Gasteiger partial charge in [-0.1, -0.05) is 72.8 Å². The number of carbonyl (C=O) groups is 2. The van der Waals surface area contributed by atoms with Crippen LogP contribution in [-0.2, 0) is 11.3 Å². The fourth-order valence-electron chi connectivity index (χ4n) is 5.94. The molecule has 7 rings (SSSR count). The molecule has 3 amide bonds. The third-order valence-electron chi connectivity index (χ3n) is 8.18. The molecule has 0 aliphatic carbocycles. The van der Waals surface area contributed by atoms with Gasteiger partial charge in [0.15, 0.2) is 0 Å². The number of anilines is 1. The number of carbonyl (C=O) groups excluding carboxylic acids is 2. The van der Waals surface area contributed by atoms with Gasteiger partial charge in [-0.2, -0.15) is 0 Å². The van der Waals surface area contributed by atoms with Crippen LogP contribution in [0.25, 0.3) is 27.6 Å². The van der Waals surface area contributed by atoms with Gasteiger partial charge in [0, 0.05) is 22.5 Å². The fraction of sp³-hybridized carbons (Fsp3) is 0.105. The van der Waals surface area contributed by atoms with Crippen molar-refractivity contribution in [3.8, 4) is 11.5 Å². The third kappa shape index (κ3) is 5.41. The summed E-state index contributed by atoms with van der Waals surface area (Å²) < 4.78 is 16.8. The summed E-state index contributed by atoms with van der Waals surface area (Å²) in [5, 5.41) is 8.09. The first kappa shape index (κ1) is 28.7. The summed E-state index contributed by atoms with van der Waals surface area (Å²) in [6.07, 6.45) is 0. The number of ether oxygens (including phenoxy) is 2. The molecule has 5 aromatic carbocycles. The first-order chi connectivity index (χ1) is 22.5. The number of benzene rings is 5. The molecule has 0 saturated heterocycles. The highest BCUT2D eigenvalue weighted by Crippen LogP contribution is 2.39. The number of furan rings is 1. The van der Waals surface area contributed by atoms with E-state index in [2.05, 4.69) is 10.6 Å². The monoisotopic (exact) mass is 609 g/mol. The normalized spacial score (nSPS) is 14.8. The smallest absolute Gasteiger partial charge is 0.322 e. The molecule has 0 bridgehead atoms. The lowest BCUT2D eigenvalue weighted by Gasteiger charge is -2.37. The molecule has 2 N–H and O–H groups in total. The number of nitrogens with one attached hydrogen (secondary N) is 2. The Morgan fingerprint density at radius 3 is 2.30 bits per heavy atom. The van der Waals surface area contributed by atoms with Crippen molar-refractivity contribution in [3.05, 3.63) is 144 Å². The number of rotatable bonds is 8. The molecule has 1 atom stereocenters. The molecule has 1 aliphatic rings. The minimum absolute atomic E-state index is 0.230. The highest BCUT2D eigenvalue weighted by Gasteiger charge is 2.38. The molecule has 46 heavy (non-hydrogen) atoms. The number of para-hydroxylation sites is 1. The van der Waals surface area contributed by atoms with E-state index in [1.807, 2.05) is 109 Å². The summed E-state index contributed by atoms with van der Waals surface area (Å²) in [4.78, 5) is 30.3. The molecule has 228 valence electrons. The van der Waals surface area contributed by atoms with Crippen molar-refractivity contribution < 1.29 is 23.5 Å². The third-order valence-corrected chi connectivity index (χ3v) is 8.18. The minimum Gasteiger partial charge on any atom is -0.497 e. The molecule has 1 aromatic heterocycles. The average Bonchev–Trinajstić information content (AvgIpc) is 3.47. The maximum absolute atomic E-state index is 14.5. The van der Waals surface area contributed by atoms with Crippen molar-refractivity contribution >= 4 is 45.3 Å². The summed E-state index contributed by atoms with van der Waals surface area (Å²) in [7, 11) is 3.19. The van der Waals surface area contributed by atoms with Crippen LogP contribution in [0.3, 0.4) is 0 Å². The van der Waals surface area contributed by atoms with Crippen molar-refractivity contribution in [1.29, 1.82) is 0 Å². The second-order valence-corrected chi connectivity index (χ2v) is 11.0. The SMILES string of the molecule is COc1ccc(CN2C(=O)NC(c3ccc4oc5ccccc5c4c3)C(C(=O)Nc3cccc(OC)c3)=C2c2ccccc2)cc1. The van der Waals surface area contributed by atoms with Gasteiger partial charge in [-0.15, -0.1) is 0 Å². The van der Waals surface area contributed by atoms with Crippen molar-refractivity contribution in [2.45, 2.75) is 12.6 Å². The number of methoxy groups -OCH3 is 2. The maximum Gasteiger partial charge on any atom is 0.322 e. The number of hydrogen-bond acceptors (Lipinski definition) is 5. The van der Waals surface area contributed by atoms with Gasteiger partial charge in [-0.3, -0.25) is 9.69 Å². The van der Waals surface area contributed by atoms with E-state index in [1.54, 1.807) is 31.3 Å². The highest BCUT2D eigenvalue weighted by molar-refractivity contribution is 6.13. The van der Waals surface area contributed by atoms with Crippen LogP contribution in [-0.4, -0.2) is 31.1 Å². The Hall–Kier alpha value is -6.02. The minimum atomic E-state index is -0.765. The van der Waals surface area contributed by atoms with Crippen LogP contribution < -0.4 is 20.1 Å². The topological polar surface area (TPSA) is 93.0 Å². The van der Waals surface area contributed by atoms with Crippen molar-refractivity contribution in [2.75, 3.05) is 19.5 Å². The molecular weight excluding hydrogens is 578 g/mol. The molecule has 6 aromatic rings. The van der Waals surface area contributed by atoms with E-state index in [0.29, 0.717) is 28.5 Å². The Bertz CT molecular complexity index is 2100. The largest absolute Gasteiger partial charge is 0.497 e. The van der Waals surface area contributed by atoms with Gasteiger partial charge in [0.2, 0.25) is 0 Å². The number of amides is 3. The van der Waals surface area contributed by atoms with Crippen molar-refractivity contribution in [1.82, 2.24) is 10.2 Å². The quantitative estimate of drug-likeness (QED) is 0.183. The van der Waals surface area contributed by atoms with E-state index >= 15 is 0 Å². The summed E-state index contributed by atoms with van der Waals surface area (Å²) in [5.74, 6) is 0.974. The number of urea groups is 1. The van der Waals surface area contributed by atoms with E-state index in [0.717, 1.165) is 38.6 Å². The summed E-state index contributed by atoms with van der Waals surface area (Å²) in [6, 6.07) is 36.8. The van der Waals surface area contributed by atoms with Crippen LogP contribution >= 0.6 is 0 Å². The second kappa shape index (κ2) is 12.2. The maximum atomic E-state index is 14.5. The lowest BCUT2D eigenvalue weighted by Crippen LogP contribution is -2.48. The zero-order chi connectivity index (χ0) is 31.6. The number of fused-ring (bicyclic) bond motifs is 3. The first-order valence-corrected chi connectivity index (χ1v) is 14.9. The Labute approximate surface area is 265 Å². The van der Waals surface area contributed by atoms with E-state index in [1.165, 1.54) is 0 Å². The molecule has 1 unspecified atom stereocenters. The van der Waals surface area contributed by atoms with E-state index in [9.17, 15) is 9.59 Å². The van der Waals surface area contributed by atoms with Gasteiger partial charge in [0.05, 0.1) is 38.1 Å². The Morgan fingerprint density at radius 2 is 1.52 bits per heavy atom. The number of nitrogens with zero attached hydrogens (tertiary/aromatic N) is 1. The number of hydrogen-bond donors (Lipinski definition) is 2. The van der Waals surface area contributed by atoms with Crippen LogP contribution in [0.1, 0.15) is 22.7 Å². The first-order valence-electron chi connectivity index (χ1n) is 14.9. The van der Waals surface area contributed by atoms with E-state index < -0.39 is 6.04 Å². The molecule has 8 nitrogen and oxygen atoms in total. The predicted octanol–water partition coefficient (Wildman–Crippen LogP) is 7.92. The van der Waals surface area contributed by atoms with Gasteiger partial charge in [0.1, 0.15) is 22.7 Å². The molecule has 1 aliphatic heterocycles. The Balaban J connectivity index is 1.41. The van der Waals surface area contributed by atoms with Crippen LogP contribution in [0.15, 0.2) is 131 Å². The van der Waals surface area contributed by atoms with Crippen LogP contribution in [0.5, 0.6) is 11.5 Å². The standard InChI is InChI=1S/C38H31N3O5/c1-44-28-18-15-24(16-19-28)23-41-36(25-9-4-3-5-10-25)34(37(42)39-27-11-8-12-29(22-27)45-2)35(40-38(41)43)26-17-20-33-31(21-26)30-13-6-7-14-32(30)46-33/h3-22,35H,23H2,1-2H3,(H,39,42)(H,40,43). The molecule has 0 fully saturated rings. The summed E-state index contributed by atoms with van der Waals surface area (Å²) >= 11 is 0. The fourth-order valence-corrected chi connectivity index (χ4v) is 5.94. The van der Waals surface area contributed by atoms with Crippen molar-refractivity contribution in [3.63, 3.8) is 0 Å². The van der Waals surface area contributed by atoms with Gasteiger partial charge in [0.25, 0.3) is 5.91 Å². The summed E-state index contributed by atoms with van der Waals surface area (Å²) in [5.41, 5.74) is 5.34. The Morgan fingerprint density at radius 1 is 0.783 bits per heavy atom. The van der Waals surface area contributed by atoms with Crippen molar-refractivity contribution in [2.24, 2.45) is 0 Å². The summed E-state index contributed by atoms with van der Waals surface area (Å²) in [6.45, 7) is 0.230. The molecule has 0 saturated carbocycles. The van der Waals surface area contributed by atoms with Crippen LogP contribution in [0, 0.1) is 0 Å². The highest BCUT2D eigenvalue weighted by atomic mass is 16.5. The lowest BCUT2D eigenvalue weighted by atomic mass is 9.90. The van der Waals surface area contributed by atoms with Gasteiger partial charge in [-0.05, 0) is 59.2 Å². The van der Waals surface area contributed by atoms with Crippen LogP contribution in [0.4, 0.5) is 10.5 Å². The van der Waals surface area contributed by atoms with E-state index in [4.69, 9.17) is 13.9 Å². The van der Waals surface area contributed by atoms with Gasteiger partial charge in [-0.25, -0.2) is 4.79 Å². The van der Waals surface area contributed by atoms with E-state index in [-0.39, 0.29) is 18.5 Å². The molecule has 2 heterocycles. The molecule has 0 radical (unpaired) electrons.